The van der Waals surface area contributed by atoms with Gasteiger partial charge in [-0.2, -0.15) is 4.33 Å². The molecule has 2 unspecified atom stereocenters. The van der Waals surface area contributed by atoms with E-state index in [1.54, 1.807) is 0 Å². The van der Waals surface area contributed by atoms with Crippen molar-refractivity contribution in [3.05, 3.63) is 0 Å². The number of rotatable bonds is 21. The number of unbranched alkanes of at least 4 members (excludes halogenated alkanes) is 2. The molecule has 0 aromatic heterocycles. The van der Waals surface area contributed by atoms with Crippen LogP contribution in [0.2, 0.25) is 0 Å². The van der Waals surface area contributed by atoms with Crippen molar-refractivity contribution in [2.45, 2.75) is 98.2 Å². The van der Waals surface area contributed by atoms with Crippen molar-refractivity contribution in [1.82, 2.24) is 4.72 Å². The lowest BCUT2D eigenvalue weighted by Gasteiger charge is -2.19. The Morgan fingerprint density at radius 1 is 1.00 bits per heavy atom. The molecule has 0 bridgehead atoms. The monoisotopic (exact) mass is 513 g/mol. The SMILES string of the molecule is CCCCC(CC)COC(=O)C(CCCC)OC(=O)CNS(=O)(=O)CCCSOOC(C)C. The van der Waals surface area contributed by atoms with Crippen molar-refractivity contribution in [2.75, 3.05) is 24.7 Å². The quantitative estimate of drug-likeness (QED) is 0.0793. The lowest BCUT2D eigenvalue weighted by Crippen LogP contribution is -2.37. The summed E-state index contributed by atoms with van der Waals surface area (Å²) in [5.74, 6) is -0.854. The van der Waals surface area contributed by atoms with E-state index >= 15 is 0 Å². The Balaban J connectivity index is 4.48. The second-order valence-electron chi connectivity index (χ2n) is 8.20. The number of carbonyl (C=O) groups is 2. The van der Waals surface area contributed by atoms with Gasteiger partial charge in [0.1, 0.15) is 6.54 Å². The summed E-state index contributed by atoms with van der Waals surface area (Å²) < 4.78 is 41.9. The molecule has 0 aromatic carbocycles. The van der Waals surface area contributed by atoms with Gasteiger partial charge in [-0.1, -0.05) is 46.5 Å². The van der Waals surface area contributed by atoms with Crippen LogP contribution in [0.15, 0.2) is 0 Å². The average Bonchev–Trinajstić information content (AvgIpc) is 2.77. The third-order valence-corrected chi connectivity index (χ3v) is 6.76. The van der Waals surface area contributed by atoms with Crippen LogP contribution in [0.3, 0.4) is 0 Å². The first-order chi connectivity index (χ1) is 15.6. The van der Waals surface area contributed by atoms with Gasteiger partial charge in [0, 0.05) is 17.8 Å². The predicted molar refractivity (Wildman–Crippen MR) is 130 cm³/mol. The van der Waals surface area contributed by atoms with Crippen molar-refractivity contribution in [1.29, 1.82) is 0 Å². The van der Waals surface area contributed by atoms with Crippen molar-refractivity contribution < 1.29 is 36.7 Å². The molecule has 0 rings (SSSR count). The van der Waals surface area contributed by atoms with Crippen molar-refractivity contribution in [3.8, 4) is 0 Å². The molecule has 0 saturated heterocycles. The maximum atomic E-state index is 12.5. The van der Waals surface area contributed by atoms with E-state index in [2.05, 4.69) is 18.6 Å². The van der Waals surface area contributed by atoms with Gasteiger partial charge in [0.05, 0.1) is 18.5 Å². The van der Waals surface area contributed by atoms with Crippen LogP contribution in [0.4, 0.5) is 0 Å². The fourth-order valence-corrected chi connectivity index (χ4v) is 4.43. The van der Waals surface area contributed by atoms with Gasteiger partial charge in [0.15, 0.2) is 6.10 Å². The summed E-state index contributed by atoms with van der Waals surface area (Å²) in [5.41, 5.74) is 0. The fraction of sp³-hybridized carbons (Fsp3) is 0.909. The summed E-state index contributed by atoms with van der Waals surface area (Å²) in [6.45, 7) is 9.53. The Labute approximate surface area is 204 Å². The van der Waals surface area contributed by atoms with Crippen LogP contribution in [0, 0.1) is 5.92 Å². The molecular formula is C22H43NO8S2. The molecule has 0 aliphatic carbocycles. The molecule has 11 heteroatoms. The number of carbonyl (C=O) groups excluding carboxylic acids is 2. The standard InChI is InChI=1S/C22H43NO8S2/c1-6-9-12-19(8-3)17-28-22(25)20(13-10-7-2)29-21(24)16-23-33(26,27)15-11-14-32-31-30-18(4)5/h18-20,23H,6-17H2,1-5H3. The molecule has 0 aliphatic heterocycles. The van der Waals surface area contributed by atoms with Gasteiger partial charge in [-0.25, -0.2) is 22.8 Å². The lowest BCUT2D eigenvalue weighted by molar-refractivity contribution is -0.220. The van der Waals surface area contributed by atoms with Gasteiger partial charge in [-0.05, 0) is 45.4 Å². The highest BCUT2D eigenvalue weighted by Crippen LogP contribution is 2.15. The smallest absolute Gasteiger partial charge is 0.347 e. The second kappa shape index (κ2) is 19.4. The number of esters is 2. The van der Waals surface area contributed by atoms with E-state index in [0.717, 1.165) is 44.1 Å². The van der Waals surface area contributed by atoms with Crippen LogP contribution in [-0.2, 0) is 38.3 Å². The first-order valence-electron chi connectivity index (χ1n) is 11.9. The molecular weight excluding hydrogens is 470 g/mol. The van der Waals surface area contributed by atoms with Gasteiger partial charge in [0.25, 0.3) is 0 Å². The predicted octanol–water partition coefficient (Wildman–Crippen LogP) is 4.16. The van der Waals surface area contributed by atoms with Gasteiger partial charge in [0.2, 0.25) is 10.0 Å². The summed E-state index contributed by atoms with van der Waals surface area (Å²) >= 11 is 1.02. The zero-order chi connectivity index (χ0) is 25.1. The molecule has 0 fully saturated rings. The molecule has 33 heavy (non-hydrogen) atoms. The van der Waals surface area contributed by atoms with Crippen LogP contribution in [-0.4, -0.2) is 57.2 Å². The first-order valence-corrected chi connectivity index (χ1v) is 14.5. The van der Waals surface area contributed by atoms with Crippen LogP contribution in [0.5, 0.6) is 0 Å². The zero-order valence-corrected chi connectivity index (χ0v) is 22.4. The Hall–Kier alpha value is -0.880. The van der Waals surface area contributed by atoms with E-state index in [4.69, 9.17) is 18.7 Å². The third-order valence-electron chi connectivity index (χ3n) is 4.72. The summed E-state index contributed by atoms with van der Waals surface area (Å²) in [4.78, 5) is 29.6. The van der Waals surface area contributed by atoms with E-state index in [9.17, 15) is 18.0 Å². The van der Waals surface area contributed by atoms with Gasteiger partial charge in [-0.15, -0.1) is 0 Å². The van der Waals surface area contributed by atoms with E-state index in [1.807, 2.05) is 20.8 Å². The summed E-state index contributed by atoms with van der Waals surface area (Å²) in [7, 11) is -3.66. The maximum absolute atomic E-state index is 12.5. The number of hydrogen-bond donors (Lipinski definition) is 1. The zero-order valence-electron chi connectivity index (χ0n) is 20.8. The van der Waals surface area contributed by atoms with Crippen molar-refractivity contribution >= 4 is 34.0 Å². The number of ether oxygens (including phenoxy) is 2. The Morgan fingerprint density at radius 3 is 2.27 bits per heavy atom. The third kappa shape index (κ3) is 18.2. The number of nitrogens with one attached hydrogen (secondary N) is 1. The lowest BCUT2D eigenvalue weighted by atomic mass is 10.0. The highest BCUT2D eigenvalue weighted by Gasteiger charge is 2.25. The van der Waals surface area contributed by atoms with Gasteiger partial charge < -0.3 is 9.47 Å². The van der Waals surface area contributed by atoms with Gasteiger partial charge in [-0.3, -0.25) is 4.79 Å². The normalized spacial score (nSPS) is 13.6. The molecule has 0 aliphatic rings. The molecule has 0 amide bonds. The maximum Gasteiger partial charge on any atom is 0.347 e. The summed E-state index contributed by atoms with van der Waals surface area (Å²) in [5, 5.41) is 0. The Kier molecular flexibility index (Phi) is 18.9. The fourth-order valence-electron chi connectivity index (χ4n) is 2.70. The molecule has 0 saturated carbocycles. The molecule has 0 spiro atoms. The average molecular weight is 514 g/mol. The minimum atomic E-state index is -3.66. The van der Waals surface area contributed by atoms with Gasteiger partial charge >= 0.3 is 11.9 Å². The Morgan fingerprint density at radius 2 is 1.67 bits per heavy atom. The van der Waals surface area contributed by atoms with Crippen molar-refractivity contribution in [3.63, 3.8) is 0 Å². The molecule has 9 nitrogen and oxygen atoms in total. The van der Waals surface area contributed by atoms with Crippen LogP contribution in [0.25, 0.3) is 0 Å². The summed E-state index contributed by atoms with van der Waals surface area (Å²) in [6.07, 6.45) is 5.10. The first kappa shape index (κ1) is 32.1. The largest absolute Gasteiger partial charge is 0.463 e. The second-order valence-corrected chi connectivity index (χ2v) is 10.9. The van der Waals surface area contributed by atoms with E-state index in [0.29, 0.717) is 31.6 Å². The van der Waals surface area contributed by atoms with E-state index < -0.39 is 34.6 Å². The number of hydrogen-bond acceptors (Lipinski definition) is 9. The number of sulfonamides is 1. The topological polar surface area (TPSA) is 117 Å². The molecule has 0 aromatic rings. The minimum absolute atomic E-state index is 0.0820. The highest BCUT2D eigenvalue weighted by molar-refractivity contribution is 7.94. The molecule has 0 heterocycles. The van der Waals surface area contributed by atoms with Crippen LogP contribution >= 0.6 is 12.0 Å². The molecule has 1 N–H and O–H groups in total. The Bertz CT molecular complexity index is 628. The van der Waals surface area contributed by atoms with E-state index in [-0.39, 0.29) is 17.8 Å². The van der Waals surface area contributed by atoms with Crippen LogP contribution in [0.1, 0.15) is 86.0 Å². The van der Waals surface area contributed by atoms with E-state index in [1.165, 1.54) is 0 Å². The summed E-state index contributed by atoms with van der Waals surface area (Å²) in [6, 6.07) is 0. The molecule has 2 atom stereocenters. The minimum Gasteiger partial charge on any atom is -0.463 e. The molecule has 0 radical (unpaired) electrons. The van der Waals surface area contributed by atoms with Crippen LogP contribution < -0.4 is 4.72 Å². The molecule has 196 valence electrons. The van der Waals surface area contributed by atoms with Crippen molar-refractivity contribution in [2.24, 2.45) is 5.92 Å². The highest BCUT2D eigenvalue weighted by atomic mass is 32.2.